The van der Waals surface area contributed by atoms with Gasteiger partial charge in [-0.05, 0) is 79.9 Å². The topological polar surface area (TPSA) is 92.2 Å². The molecule has 8 nitrogen and oxygen atoms in total. The van der Waals surface area contributed by atoms with Crippen LogP contribution in [0, 0.1) is 0 Å². The highest BCUT2D eigenvalue weighted by Crippen LogP contribution is 2.43. The Balaban J connectivity index is 1.09. The zero-order valence-electron chi connectivity index (χ0n) is 36.9. The fourth-order valence-corrected chi connectivity index (χ4v) is 10.4. The molecular formula is C55H55N2O6S3+. The highest BCUT2D eigenvalue weighted by atomic mass is 32.2. The van der Waals surface area contributed by atoms with Gasteiger partial charge in [0, 0.05) is 112 Å². The third-order valence-electron chi connectivity index (χ3n) is 11.1. The molecule has 8 rings (SSSR count). The molecule has 1 aliphatic carbocycles. The SMILES string of the molecule is O=S(=O)(O)c1ccccc1-c1c2ccc(=[N+](CCCOCCCSc3ccccc3)c3ccccc3)cc-2oc2cc(N(CCCOCCCSc3ccccc3)c3ccccc3)ccc12. The first-order valence-corrected chi connectivity index (χ1v) is 25.9. The molecule has 1 N–H and O–H groups in total. The molecule has 6 aromatic carbocycles. The average molecular weight is 936 g/mol. The third-order valence-corrected chi connectivity index (χ3v) is 14.2. The van der Waals surface area contributed by atoms with E-state index in [0.29, 0.717) is 62.0 Å². The van der Waals surface area contributed by atoms with Gasteiger partial charge < -0.3 is 18.8 Å². The summed E-state index contributed by atoms with van der Waals surface area (Å²) >= 11 is 3.69. The summed E-state index contributed by atoms with van der Waals surface area (Å²) < 4.78 is 57.7. The number of ether oxygens (including phenoxy) is 2. The van der Waals surface area contributed by atoms with Crippen molar-refractivity contribution in [2.45, 2.75) is 40.4 Å². The van der Waals surface area contributed by atoms with E-state index < -0.39 is 10.1 Å². The minimum atomic E-state index is -4.57. The molecule has 66 heavy (non-hydrogen) atoms. The number of rotatable bonds is 23. The molecule has 0 unspecified atom stereocenters. The first-order valence-electron chi connectivity index (χ1n) is 22.5. The summed E-state index contributed by atoms with van der Waals surface area (Å²) in [6.07, 6.45) is 3.55. The minimum Gasteiger partial charge on any atom is -0.456 e. The van der Waals surface area contributed by atoms with E-state index in [-0.39, 0.29) is 4.90 Å². The van der Waals surface area contributed by atoms with E-state index in [9.17, 15) is 13.0 Å². The summed E-state index contributed by atoms with van der Waals surface area (Å²) in [5.74, 6) is 2.58. The van der Waals surface area contributed by atoms with Crippen molar-refractivity contribution in [2.24, 2.45) is 0 Å². The van der Waals surface area contributed by atoms with Gasteiger partial charge in [0.15, 0.2) is 6.54 Å². The van der Waals surface area contributed by atoms with Crippen LogP contribution in [0.2, 0.25) is 0 Å². The number of benzene rings is 7. The van der Waals surface area contributed by atoms with Crippen molar-refractivity contribution >= 4 is 61.7 Å². The van der Waals surface area contributed by atoms with E-state index in [1.165, 1.54) is 15.9 Å². The molecule has 0 bridgehead atoms. The number of fused-ring (bicyclic) bond motifs is 2. The number of hydrogen-bond acceptors (Lipinski definition) is 8. The fourth-order valence-electron chi connectivity index (χ4n) is 8.01. The number of para-hydroxylation sites is 2. The van der Waals surface area contributed by atoms with E-state index in [2.05, 4.69) is 82.3 Å². The number of hydrogen-bond donors (Lipinski definition) is 1. The molecule has 0 radical (unpaired) electrons. The van der Waals surface area contributed by atoms with Crippen molar-refractivity contribution in [2.75, 3.05) is 55.9 Å². The minimum absolute atomic E-state index is 0.166. The first kappa shape index (κ1) is 46.9. The molecule has 0 spiro atoms. The lowest BCUT2D eigenvalue weighted by molar-refractivity contribution is 0.133. The second-order valence-electron chi connectivity index (χ2n) is 15.7. The van der Waals surface area contributed by atoms with Gasteiger partial charge in [0.1, 0.15) is 16.2 Å². The molecule has 0 amide bonds. The predicted octanol–water partition coefficient (Wildman–Crippen LogP) is 12.9. The lowest BCUT2D eigenvalue weighted by Crippen LogP contribution is -2.27. The van der Waals surface area contributed by atoms with Crippen molar-refractivity contribution in [1.29, 1.82) is 0 Å². The van der Waals surface area contributed by atoms with Crippen LogP contribution in [0.3, 0.4) is 0 Å². The Morgan fingerprint density at radius 3 is 1.79 bits per heavy atom. The summed E-state index contributed by atoms with van der Waals surface area (Å²) in [6.45, 7) is 4.05. The van der Waals surface area contributed by atoms with E-state index in [1.807, 2.05) is 108 Å². The predicted molar refractivity (Wildman–Crippen MR) is 272 cm³/mol. The zero-order valence-corrected chi connectivity index (χ0v) is 39.4. The normalized spacial score (nSPS) is 12.1. The molecule has 0 saturated heterocycles. The van der Waals surface area contributed by atoms with Crippen LogP contribution in [-0.4, -0.2) is 64.0 Å². The van der Waals surface area contributed by atoms with Crippen LogP contribution in [0.5, 0.6) is 0 Å². The molecule has 1 heterocycles. The van der Waals surface area contributed by atoms with Crippen LogP contribution >= 0.6 is 23.5 Å². The molecule has 0 atom stereocenters. The van der Waals surface area contributed by atoms with Crippen LogP contribution < -0.4 is 14.8 Å². The van der Waals surface area contributed by atoms with E-state index in [0.717, 1.165) is 70.6 Å². The van der Waals surface area contributed by atoms with Gasteiger partial charge in [0.2, 0.25) is 11.0 Å². The molecule has 0 saturated carbocycles. The van der Waals surface area contributed by atoms with Gasteiger partial charge >= 0.3 is 0 Å². The quantitative estimate of drug-likeness (QED) is 0.0221. The van der Waals surface area contributed by atoms with Gasteiger partial charge in [-0.2, -0.15) is 13.0 Å². The Labute approximate surface area is 397 Å². The van der Waals surface area contributed by atoms with Gasteiger partial charge in [-0.15, -0.1) is 23.5 Å². The summed E-state index contributed by atoms with van der Waals surface area (Å²) in [4.78, 5) is 4.64. The van der Waals surface area contributed by atoms with Crippen molar-refractivity contribution in [3.05, 3.63) is 187 Å². The van der Waals surface area contributed by atoms with E-state index in [4.69, 9.17) is 13.9 Å². The molecule has 0 fully saturated rings. The number of anilines is 2. The van der Waals surface area contributed by atoms with Crippen LogP contribution in [0.15, 0.2) is 201 Å². The molecule has 0 aromatic heterocycles. The monoisotopic (exact) mass is 935 g/mol. The summed E-state index contributed by atoms with van der Waals surface area (Å²) in [5.41, 5.74) is 5.34. The summed E-state index contributed by atoms with van der Waals surface area (Å²) in [5, 5.41) is 1.64. The van der Waals surface area contributed by atoms with Crippen molar-refractivity contribution in [1.82, 2.24) is 4.58 Å². The average Bonchev–Trinajstić information content (AvgIpc) is 3.35. The van der Waals surface area contributed by atoms with Crippen LogP contribution in [0.4, 0.5) is 17.1 Å². The Morgan fingerprint density at radius 1 is 0.561 bits per heavy atom. The molecular weight excluding hydrogens is 881 g/mol. The van der Waals surface area contributed by atoms with E-state index >= 15 is 0 Å². The third kappa shape index (κ3) is 12.6. The summed E-state index contributed by atoms with van der Waals surface area (Å²) in [6, 6.07) is 60.1. The molecule has 338 valence electrons. The standard InChI is InChI=1S/C55H54N2O6S3/c58-66(59,60)54-28-14-13-27-51(54)55-49-31-29-45(56(43-19-5-1-6-20-43)33-15-35-61-37-17-39-64-47-23-9-3-10-24-47)41-52(49)63-53-42-46(30-32-50(53)55)57(44-21-7-2-8-22-44)34-16-36-62-38-18-40-65-48-25-11-4-12-26-48/h1-14,19-32,41-42H,15-18,33-40H2/p+1. The van der Waals surface area contributed by atoms with E-state index in [1.54, 1.807) is 18.2 Å². The Hall–Kier alpha value is -5.66. The van der Waals surface area contributed by atoms with Crippen molar-refractivity contribution < 1.29 is 26.9 Å². The Morgan fingerprint density at radius 2 is 1.14 bits per heavy atom. The number of nitrogens with zero attached hydrogens (tertiary/aromatic N) is 2. The van der Waals surface area contributed by atoms with Gasteiger partial charge in [-0.1, -0.05) is 91.0 Å². The first-order chi connectivity index (χ1) is 32.4. The number of thioether (sulfide) groups is 2. The van der Waals surface area contributed by atoms with Crippen LogP contribution in [0.1, 0.15) is 25.7 Å². The maximum Gasteiger partial charge on any atom is 0.295 e. The van der Waals surface area contributed by atoms with Crippen LogP contribution in [-0.2, 0) is 19.6 Å². The van der Waals surface area contributed by atoms with Gasteiger partial charge in [0.05, 0.1) is 12.7 Å². The maximum absolute atomic E-state index is 12.9. The maximum atomic E-state index is 12.9. The smallest absolute Gasteiger partial charge is 0.295 e. The Kier molecular flexibility index (Phi) is 16.8. The second-order valence-corrected chi connectivity index (χ2v) is 19.5. The summed E-state index contributed by atoms with van der Waals surface area (Å²) in [7, 11) is -4.57. The molecule has 6 aromatic rings. The highest BCUT2D eigenvalue weighted by molar-refractivity contribution is 7.99. The lowest BCUT2D eigenvalue weighted by Gasteiger charge is -2.26. The van der Waals surface area contributed by atoms with Crippen molar-refractivity contribution in [3.63, 3.8) is 0 Å². The Bertz CT molecular complexity index is 2920. The van der Waals surface area contributed by atoms with Gasteiger partial charge in [-0.25, -0.2) is 0 Å². The largest absolute Gasteiger partial charge is 0.456 e. The van der Waals surface area contributed by atoms with Crippen molar-refractivity contribution in [3.8, 4) is 22.5 Å². The van der Waals surface area contributed by atoms with Gasteiger partial charge in [-0.3, -0.25) is 4.55 Å². The molecule has 2 aliphatic rings. The molecule has 11 heteroatoms. The van der Waals surface area contributed by atoms with Crippen LogP contribution in [0.25, 0.3) is 33.4 Å². The second kappa shape index (κ2) is 23.7. The zero-order chi connectivity index (χ0) is 45.4. The lowest BCUT2D eigenvalue weighted by atomic mass is 9.93. The van der Waals surface area contributed by atoms with Gasteiger partial charge in [0.25, 0.3) is 10.1 Å². The molecule has 1 aliphatic heterocycles. The fraction of sp³-hybridized carbons (Fsp3) is 0.218. The highest BCUT2D eigenvalue weighted by Gasteiger charge is 2.25.